The molecule has 1 aromatic heterocycles. The van der Waals surface area contributed by atoms with Crippen LogP contribution in [0.4, 0.5) is 0 Å². The summed E-state index contributed by atoms with van der Waals surface area (Å²) in [7, 11) is 1.60. The molecule has 0 saturated carbocycles. The largest absolute Gasteiger partial charge is 0.494 e. The molecule has 0 aliphatic carbocycles. The first-order valence-electron chi connectivity index (χ1n) is 8.89. The third-order valence-electron chi connectivity index (χ3n) is 4.18. The van der Waals surface area contributed by atoms with Crippen LogP contribution in [0.3, 0.4) is 0 Å². The number of Topliss-reactive ketones (excluding diaryl/α,β-unsaturated/α-hetero) is 1. The molecular formula is C20H22N4O2S. The lowest BCUT2D eigenvalue weighted by atomic mass is 10.1. The van der Waals surface area contributed by atoms with Crippen molar-refractivity contribution in [3.63, 3.8) is 0 Å². The van der Waals surface area contributed by atoms with Gasteiger partial charge in [0.05, 0.1) is 12.9 Å². The second-order valence-corrected chi connectivity index (χ2v) is 7.00. The van der Waals surface area contributed by atoms with Gasteiger partial charge < -0.3 is 4.74 Å². The highest BCUT2D eigenvalue weighted by molar-refractivity contribution is 7.99. The second-order valence-electron chi connectivity index (χ2n) is 6.06. The molecule has 0 N–H and O–H groups in total. The first kappa shape index (κ1) is 19.1. The fraction of sp³-hybridized carbons (Fsp3) is 0.300. The van der Waals surface area contributed by atoms with Gasteiger partial charge in [-0.3, -0.25) is 4.79 Å². The minimum Gasteiger partial charge on any atom is -0.494 e. The maximum absolute atomic E-state index is 12.5. The Bertz CT molecular complexity index is 893. The van der Waals surface area contributed by atoms with Gasteiger partial charge in [0.15, 0.2) is 5.78 Å². The molecular weight excluding hydrogens is 360 g/mol. The highest BCUT2D eigenvalue weighted by Gasteiger charge is 2.15. The van der Waals surface area contributed by atoms with Crippen molar-refractivity contribution in [2.24, 2.45) is 0 Å². The van der Waals surface area contributed by atoms with E-state index in [2.05, 4.69) is 22.4 Å². The Kier molecular flexibility index (Phi) is 6.59. The van der Waals surface area contributed by atoms with E-state index in [4.69, 9.17) is 4.74 Å². The molecule has 0 unspecified atom stereocenters. The number of carbonyl (C=O) groups is 1. The van der Waals surface area contributed by atoms with Crippen molar-refractivity contribution in [1.29, 1.82) is 0 Å². The predicted octanol–water partition coefficient (Wildman–Crippen LogP) is 3.99. The minimum absolute atomic E-state index is 0.0524. The van der Waals surface area contributed by atoms with Crippen LogP contribution >= 0.6 is 11.8 Å². The number of thioether (sulfide) groups is 1. The average molecular weight is 382 g/mol. The van der Waals surface area contributed by atoms with Crippen LogP contribution < -0.4 is 4.74 Å². The molecule has 2 aromatic carbocycles. The Morgan fingerprint density at radius 2 is 1.93 bits per heavy atom. The monoisotopic (exact) mass is 382 g/mol. The van der Waals surface area contributed by atoms with Crippen LogP contribution in [0.5, 0.6) is 5.75 Å². The molecule has 3 rings (SSSR count). The molecule has 0 atom stereocenters. The SMILES string of the molecule is CCCCc1ccc(C(=O)CSc2nnnn2-c2ccccc2OC)cc1. The molecule has 140 valence electrons. The highest BCUT2D eigenvalue weighted by Crippen LogP contribution is 2.26. The van der Waals surface area contributed by atoms with E-state index in [1.54, 1.807) is 11.8 Å². The standard InChI is InChI=1S/C20H22N4O2S/c1-3-4-7-15-10-12-16(13-11-15)18(25)14-27-20-21-22-23-24(20)17-8-5-6-9-19(17)26-2/h5-6,8-13H,3-4,7,14H2,1-2H3. The average Bonchev–Trinajstić information content (AvgIpc) is 3.19. The summed E-state index contributed by atoms with van der Waals surface area (Å²) in [4.78, 5) is 12.5. The second kappa shape index (κ2) is 9.32. The minimum atomic E-state index is 0.0524. The Labute approximate surface area is 162 Å². The third kappa shape index (κ3) is 4.74. The Balaban J connectivity index is 1.67. The van der Waals surface area contributed by atoms with Crippen molar-refractivity contribution in [3.05, 3.63) is 59.7 Å². The topological polar surface area (TPSA) is 69.9 Å². The lowest BCUT2D eigenvalue weighted by Gasteiger charge is -2.08. The first-order valence-corrected chi connectivity index (χ1v) is 9.88. The van der Waals surface area contributed by atoms with Crippen LogP contribution in [-0.4, -0.2) is 38.9 Å². The summed E-state index contributed by atoms with van der Waals surface area (Å²) in [5.41, 5.74) is 2.71. The van der Waals surface area contributed by atoms with Crippen LogP contribution in [-0.2, 0) is 6.42 Å². The van der Waals surface area contributed by atoms with Gasteiger partial charge in [0, 0.05) is 5.56 Å². The van der Waals surface area contributed by atoms with Crippen LogP contribution in [0.25, 0.3) is 5.69 Å². The molecule has 0 radical (unpaired) electrons. The number of methoxy groups -OCH3 is 1. The van der Waals surface area contributed by atoms with E-state index in [-0.39, 0.29) is 11.5 Å². The summed E-state index contributed by atoms with van der Waals surface area (Å²) in [5, 5.41) is 12.4. The third-order valence-corrected chi connectivity index (χ3v) is 5.10. The zero-order valence-corrected chi connectivity index (χ0v) is 16.3. The normalized spacial score (nSPS) is 10.7. The smallest absolute Gasteiger partial charge is 0.214 e. The molecule has 6 nitrogen and oxygen atoms in total. The number of carbonyl (C=O) groups excluding carboxylic acids is 1. The first-order chi connectivity index (χ1) is 13.2. The molecule has 0 fully saturated rings. The van der Waals surface area contributed by atoms with Gasteiger partial charge in [-0.15, -0.1) is 5.10 Å². The number of unbranched alkanes of at least 4 members (excludes halogenated alkanes) is 1. The van der Waals surface area contributed by atoms with E-state index in [9.17, 15) is 4.79 Å². The summed E-state index contributed by atoms with van der Waals surface area (Å²) in [5.74, 6) is 0.987. The zero-order valence-electron chi connectivity index (χ0n) is 15.5. The van der Waals surface area contributed by atoms with Gasteiger partial charge in [-0.2, -0.15) is 4.68 Å². The summed E-state index contributed by atoms with van der Waals surface area (Å²) < 4.78 is 6.95. The van der Waals surface area contributed by atoms with E-state index < -0.39 is 0 Å². The predicted molar refractivity (Wildman–Crippen MR) is 106 cm³/mol. The molecule has 0 bridgehead atoms. The Hall–Kier alpha value is -2.67. The fourth-order valence-electron chi connectivity index (χ4n) is 2.68. The summed E-state index contributed by atoms with van der Waals surface area (Å²) in [6, 6.07) is 15.4. The number of aromatic nitrogens is 4. The number of aryl methyl sites for hydroxylation is 1. The molecule has 0 saturated heterocycles. The number of benzene rings is 2. The molecule has 7 heteroatoms. The number of rotatable bonds is 9. The van der Waals surface area contributed by atoms with Gasteiger partial charge in [0.25, 0.3) is 0 Å². The number of hydrogen-bond donors (Lipinski definition) is 0. The van der Waals surface area contributed by atoms with Gasteiger partial charge >= 0.3 is 0 Å². The maximum atomic E-state index is 12.5. The van der Waals surface area contributed by atoms with Gasteiger partial charge in [0.1, 0.15) is 11.4 Å². The van der Waals surface area contributed by atoms with Crippen LogP contribution in [0.15, 0.2) is 53.7 Å². The lowest BCUT2D eigenvalue weighted by molar-refractivity contribution is 0.102. The molecule has 0 spiro atoms. The Morgan fingerprint density at radius 1 is 1.15 bits per heavy atom. The van der Waals surface area contributed by atoms with Crippen molar-refractivity contribution in [2.45, 2.75) is 31.3 Å². The molecule has 3 aromatic rings. The van der Waals surface area contributed by atoms with E-state index in [1.165, 1.54) is 17.3 Å². The van der Waals surface area contributed by atoms with E-state index in [0.29, 0.717) is 16.5 Å². The molecule has 1 heterocycles. The molecule has 0 amide bonds. The van der Waals surface area contributed by atoms with E-state index >= 15 is 0 Å². The maximum Gasteiger partial charge on any atom is 0.214 e. The van der Waals surface area contributed by atoms with Crippen molar-refractivity contribution >= 4 is 17.5 Å². The van der Waals surface area contributed by atoms with Crippen LogP contribution in [0, 0.1) is 0 Å². The number of para-hydroxylation sites is 2. The van der Waals surface area contributed by atoms with E-state index in [0.717, 1.165) is 24.9 Å². The van der Waals surface area contributed by atoms with Gasteiger partial charge in [-0.25, -0.2) is 0 Å². The highest BCUT2D eigenvalue weighted by atomic mass is 32.2. The van der Waals surface area contributed by atoms with Crippen molar-refractivity contribution in [1.82, 2.24) is 20.2 Å². The number of tetrazole rings is 1. The van der Waals surface area contributed by atoms with Gasteiger partial charge in [0.2, 0.25) is 5.16 Å². The number of hydrogen-bond acceptors (Lipinski definition) is 6. The molecule has 0 aliphatic rings. The van der Waals surface area contributed by atoms with Gasteiger partial charge in [-0.1, -0.05) is 61.5 Å². The summed E-state index contributed by atoms with van der Waals surface area (Å²) in [6.45, 7) is 2.17. The number of ketones is 1. The number of nitrogens with zero attached hydrogens (tertiary/aromatic N) is 4. The van der Waals surface area contributed by atoms with Crippen LogP contribution in [0.1, 0.15) is 35.7 Å². The summed E-state index contributed by atoms with van der Waals surface area (Å²) in [6.07, 6.45) is 3.38. The fourth-order valence-corrected chi connectivity index (χ4v) is 3.45. The van der Waals surface area contributed by atoms with Gasteiger partial charge in [-0.05, 0) is 41.0 Å². The zero-order chi connectivity index (χ0) is 19.1. The quantitative estimate of drug-likeness (QED) is 0.412. The van der Waals surface area contributed by atoms with Crippen molar-refractivity contribution < 1.29 is 9.53 Å². The summed E-state index contributed by atoms with van der Waals surface area (Å²) >= 11 is 1.31. The van der Waals surface area contributed by atoms with E-state index in [1.807, 2.05) is 48.5 Å². The lowest BCUT2D eigenvalue weighted by Crippen LogP contribution is -2.06. The number of ether oxygens (including phenoxy) is 1. The Morgan fingerprint density at radius 3 is 2.67 bits per heavy atom. The van der Waals surface area contributed by atoms with Crippen LogP contribution in [0.2, 0.25) is 0 Å². The van der Waals surface area contributed by atoms with Crippen molar-refractivity contribution in [2.75, 3.05) is 12.9 Å². The molecule has 0 aliphatic heterocycles. The molecule has 27 heavy (non-hydrogen) atoms. The van der Waals surface area contributed by atoms with Crippen molar-refractivity contribution in [3.8, 4) is 11.4 Å².